The van der Waals surface area contributed by atoms with Gasteiger partial charge in [-0.25, -0.2) is 18.7 Å². The van der Waals surface area contributed by atoms with Crippen LogP contribution >= 0.6 is 15.9 Å². The Labute approximate surface area is 172 Å². The van der Waals surface area contributed by atoms with Crippen LogP contribution in [-0.4, -0.2) is 25.8 Å². The van der Waals surface area contributed by atoms with E-state index in [0.29, 0.717) is 39.4 Å². The normalized spacial score (nSPS) is 11.2. The Bertz CT molecular complexity index is 1220. The summed E-state index contributed by atoms with van der Waals surface area (Å²) in [4.78, 5) is 27.4. The molecular weight excluding hydrogens is 444 g/mol. The van der Waals surface area contributed by atoms with Crippen molar-refractivity contribution >= 4 is 38.7 Å². The van der Waals surface area contributed by atoms with Crippen LogP contribution in [0.25, 0.3) is 33.5 Å². The summed E-state index contributed by atoms with van der Waals surface area (Å²) in [5.74, 6) is 0.131. The second-order valence-corrected chi connectivity index (χ2v) is 7.20. The number of halogens is 3. The highest BCUT2D eigenvalue weighted by molar-refractivity contribution is 9.10. The molecule has 0 unspecified atom stereocenters. The van der Waals surface area contributed by atoms with Gasteiger partial charge in [0, 0.05) is 29.4 Å². The average molecular weight is 458 g/mol. The summed E-state index contributed by atoms with van der Waals surface area (Å²) in [5, 5.41) is 2.64. The molecule has 146 valence electrons. The van der Waals surface area contributed by atoms with E-state index in [2.05, 4.69) is 41.2 Å². The quantitative estimate of drug-likeness (QED) is 0.432. The fraction of sp³-hybridized carbons (Fsp3) is 0.100. The number of hydrogen-bond acceptors (Lipinski definition) is 4. The van der Waals surface area contributed by atoms with Crippen molar-refractivity contribution in [3.8, 4) is 22.5 Å². The first-order valence-electron chi connectivity index (χ1n) is 8.59. The van der Waals surface area contributed by atoms with Crippen molar-refractivity contribution < 1.29 is 13.6 Å². The Morgan fingerprint density at radius 1 is 1.21 bits per heavy atom. The second kappa shape index (κ2) is 7.67. The first kappa shape index (κ1) is 19.1. The molecular formula is C20H14BrF2N5O. The van der Waals surface area contributed by atoms with Crippen molar-refractivity contribution in [3.63, 3.8) is 0 Å². The summed E-state index contributed by atoms with van der Waals surface area (Å²) in [6.07, 6.45) is 0.510. The number of aromatic nitrogens is 4. The predicted octanol–water partition coefficient (Wildman–Crippen LogP) is 5.35. The Kier molecular flexibility index (Phi) is 5.06. The minimum absolute atomic E-state index is 0.247. The van der Waals surface area contributed by atoms with Crippen molar-refractivity contribution in [1.82, 2.24) is 19.9 Å². The van der Waals surface area contributed by atoms with Gasteiger partial charge in [0.25, 0.3) is 6.43 Å². The maximum Gasteiger partial charge on any atom is 0.280 e. The molecule has 2 N–H and O–H groups in total. The molecule has 0 aliphatic carbocycles. The molecule has 0 fully saturated rings. The van der Waals surface area contributed by atoms with E-state index >= 15 is 0 Å². The second-order valence-electron chi connectivity index (χ2n) is 6.28. The van der Waals surface area contributed by atoms with Crippen LogP contribution in [0.5, 0.6) is 0 Å². The Morgan fingerprint density at radius 3 is 2.79 bits per heavy atom. The van der Waals surface area contributed by atoms with Crippen molar-refractivity contribution in [1.29, 1.82) is 0 Å². The van der Waals surface area contributed by atoms with Gasteiger partial charge in [0.1, 0.15) is 11.5 Å². The molecule has 4 rings (SSSR count). The van der Waals surface area contributed by atoms with E-state index in [0.717, 1.165) is 4.47 Å². The summed E-state index contributed by atoms with van der Waals surface area (Å²) in [6, 6.07) is 9.79. The molecule has 0 atom stereocenters. The number of anilines is 1. The highest BCUT2D eigenvalue weighted by atomic mass is 79.9. The van der Waals surface area contributed by atoms with Crippen LogP contribution in [0, 0.1) is 0 Å². The number of amides is 1. The van der Waals surface area contributed by atoms with E-state index < -0.39 is 6.43 Å². The number of carbonyl (C=O) groups excluding carboxylic acids is 1. The number of carbonyl (C=O) groups is 1. The van der Waals surface area contributed by atoms with E-state index in [1.807, 2.05) is 6.07 Å². The number of alkyl halides is 2. The third-order valence-electron chi connectivity index (χ3n) is 4.20. The van der Waals surface area contributed by atoms with E-state index in [9.17, 15) is 13.6 Å². The topological polar surface area (TPSA) is 83.6 Å². The average Bonchev–Trinajstić information content (AvgIpc) is 3.06. The highest BCUT2D eigenvalue weighted by Crippen LogP contribution is 2.38. The van der Waals surface area contributed by atoms with Crippen LogP contribution in [0.1, 0.15) is 19.0 Å². The molecule has 0 saturated heterocycles. The fourth-order valence-corrected chi connectivity index (χ4v) is 3.39. The molecule has 0 aliphatic rings. The minimum Gasteiger partial charge on any atom is -0.353 e. The van der Waals surface area contributed by atoms with E-state index in [1.165, 1.54) is 13.0 Å². The molecule has 0 bridgehead atoms. The first-order valence-corrected chi connectivity index (χ1v) is 9.38. The van der Waals surface area contributed by atoms with Crippen LogP contribution < -0.4 is 5.32 Å². The van der Waals surface area contributed by atoms with Crippen LogP contribution in [0.4, 0.5) is 14.6 Å². The third-order valence-corrected chi connectivity index (χ3v) is 4.64. The lowest BCUT2D eigenvalue weighted by molar-refractivity contribution is -0.114. The van der Waals surface area contributed by atoms with Gasteiger partial charge in [-0.1, -0.05) is 6.07 Å². The summed E-state index contributed by atoms with van der Waals surface area (Å²) in [6.45, 7) is 1.39. The predicted molar refractivity (Wildman–Crippen MR) is 110 cm³/mol. The highest BCUT2D eigenvalue weighted by Gasteiger charge is 2.20. The number of pyridine rings is 3. The Hall–Kier alpha value is -3.20. The smallest absolute Gasteiger partial charge is 0.280 e. The first-order chi connectivity index (χ1) is 13.9. The molecule has 4 aromatic rings. The summed E-state index contributed by atoms with van der Waals surface area (Å²) < 4.78 is 27.2. The van der Waals surface area contributed by atoms with E-state index in [1.54, 1.807) is 36.7 Å². The molecule has 6 nitrogen and oxygen atoms in total. The molecule has 0 aliphatic heterocycles. The SMILES string of the molecule is CC(=O)Nc1cc(-c2[nH]c3cc(Br)cnc3c2-c2cccc(C(F)F)n2)ccn1. The zero-order chi connectivity index (χ0) is 20.5. The number of nitrogens with zero attached hydrogens (tertiary/aromatic N) is 3. The lowest BCUT2D eigenvalue weighted by atomic mass is 10.0. The molecule has 9 heteroatoms. The number of fused-ring (bicyclic) bond motifs is 1. The van der Waals surface area contributed by atoms with Gasteiger partial charge in [-0.15, -0.1) is 0 Å². The van der Waals surface area contributed by atoms with Gasteiger partial charge >= 0.3 is 0 Å². The number of aromatic amines is 1. The summed E-state index contributed by atoms with van der Waals surface area (Å²) in [5.41, 5.74) is 3.31. The van der Waals surface area contributed by atoms with E-state index in [4.69, 9.17) is 0 Å². The van der Waals surface area contributed by atoms with E-state index in [-0.39, 0.29) is 11.6 Å². The van der Waals surface area contributed by atoms with Crippen LogP contribution in [-0.2, 0) is 4.79 Å². The number of nitrogens with one attached hydrogen (secondary N) is 2. The Morgan fingerprint density at radius 2 is 2.03 bits per heavy atom. The monoisotopic (exact) mass is 457 g/mol. The van der Waals surface area contributed by atoms with Gasteiger partial charge in [0.05, 0.1) is 28.0 Å². The zero-order valence-electron chi connectivity index (χ0n) is 15.1. The third kappa shape index (κ3) is 3.86. The zero-order valence-corrected chi connectivity index (χ0v) is 16.7. The van der Waals surface area contributed by atoms with Gasteiger partial charge < -0.3 is 10.3 Å². The lowest BCUT2D eigenvalue weighted by Gasteiger charge is -2.08. The van der Waals surface area contributed by atoms with Crippen LogP contribution in [0.15, 0.2) is 53.3 Å². The summed E-state index contributed by atoms with van der Waals surface area (Å²) in [7, 11) is 0. The fourth-order valence-electron chi connectivity index (χ4n) is 3.06. The standard InChI is InChI=1S/C20H14BrF2N5O/c1-10(29)26-16-7-11(5-6-24-16)18-17(13-3-2-4-14(27-13)20(22)23)19-15(28-18)8-12(21)9-25-19/h2-9,20,28H,1H3,(H,24,26,29). The Balaban J connectivity index is 1.96. The molecule has 0 saturated carbocycles. The molecule has 1 amide bonds. The molecule has 0 aromatic carbocycles. The number of rotatable bonds is 4. The van der Waals surface area contributed by atoms with Crippen molar-refractivity contribution in [2.45, 2.75) is 13.3 Å². The van der Waals surface area contributed by atoms with Crippen molar-refractivity contribution in [2.24, 2.45) is 0 Å². The summed E-state index contributed by atoms with van der Waals surface area (Å²) >= 11 is 3.39. The number of hydrogen-bond donors (Lipinski definition) is 2. The maximum absolute atomic E-state index is 13.2. The lowest BCUT2D eigenvalue weighted by Crippen LogP contribution is -2.07. The largest absolute Gasteiger partial charge is 0.353 e. The van der Waals surface area contributed by atoms with Crippen molar-refractivity contribution in [2.75, 3.05) is 5.32 Å². The van der Waals surface area contributed by atoms with Gasteiger partial charge in [-0.05, 0) is 46.3 Å². The maximum atomic E-state index is 13.2. The molecule has 4 aromatic heterocycles. The van der Waals surface area contributed by atoms with Gasteiger partial charge in [0.15, 0.2) is 0 Å². The van der Waals surface area contributed by atoms with Crippen LogP contribution in [0.3, 0.4) is 0 Å². The number of H-pyrrole nitrogens is 1. The minimum atomic E-state index is -2.68. The van der Waals surface area contributed by atoms with Gasteiger partial charge in [-0.3, -0.25) is 9.78 Å². The van der Waals surface area contributed by atoms with Gasteiger partial charge in [0.2, 0.25) is 5.91 Å². The molecule has 0 spiro atoms. The molecule has 4 heterocycles. The molecule has 29 heavy (non-hydrogen) atoms. The van der Waals surface area contributed by atoms with Crippen molar-refractivity contribution in [3.05, 3.63) is 59.0 Å². The van der Waals surface area contributed by atoms with Crippen LogP contribution in [0.2, 0.25) is 0 Å². The van der Waals surface area contributed by atoms with Gasteiger partial charge in [-0.2, -0.15) is 0 Å². The molecule has 0 radical (unpaired) electrons.